The lowest BCUT2D eigenvalue weighted by Gasteiger charge is -2.31. The van der Waals surface area contributed by atoms with Gasteiger partial charge in [0.05, 0.1) is 0 Å². The van der Waals surface area contributed by atoms with Gasteiger partial charge in [-0.15, -0.1) is 11.6 Å². The maximum atomic E-state index is 11.2. The maximum absolute atomic E-state index is 11.2. The lowest BCUT2D eigenvalue weighted by Crippen LogP contribution is -2.39. The summed E-state index contributed by atoms with van der Waals surface area (Å²) in [6.45, 7) is 1.40. The Balaban J connectivity index is 2.31. The third-order valence-electron chi connectivity index (χ3n) is 2.57. The van der Waals surface area contributed by atoms with E-state index < -0.39 is 0 Å². The standard InChI is InChI=1S/C9H15ClN2O2/c10-6-9(14)12-3-1-7(2-4-12)5-8(11)13/h7H,1-6H2,(H2,11,13). The third-order valence-corrected chi connectivity index (χ3v) is 2.80. The number of nitrogens with zero attached hydrogens (tertiary/aromatic N) is 1. The van der Waals surface area contributed by atoms with Gasteiger partial charge in [-0.3, -0.25) is 9.59 Å². The lowest BCUT2D eigenvalue weighted by molar-refractivity contribution is -0.129. The number of rotatable bonds is 3. The van der Waals surface area contributed by atoms with Crippen molar-refractivity contribution < 1.29 is 9.59 Å². The summed E-state index contributed by atoms with van der Waals surface area (Å²) in [6, 6.07) is 0. The molecule has 1 saturated heterocycles. The van der Waals surface area contributed by atoms with Crippen molar-refractivity contribution in [3.05, 3.63) is 0 Å². The molecule has 1 aliphatic rings. The number of carbonyl (C=O) groups excluding carboxylic acids is 2. The molecule has 2 N–H and O–H groups in total. The number of alkyl halides is 1. The van der Waals surface area contributed by atoms with E-state index in [1.807, 2.05) is 0 Å². The largest absolute Gasteiger partial charge is 0.370 e. The van der Waals surface area contributed by atoms with Crippen molar-refractivity contribution in [3.8, 4) is 0 Å². The van der Waals surface area contributed by atoms with Gasteiger partial charge in [0.15, 0.2) is 0 Å². The van der Waals surface area contributed by atoms with E-state index in [4.69, 9.17) is 17.3 Å². The fourth-order valence-corrected chi connectivity index (χ4v) is 1.92. The number of hydrogen-bond donors (Lipinski definition) is 1. The maximum Gasteiger partial charge on any atom is 0.237 e. The van der Waals surface area contributed by atoms with Crippen LogP contribution >= 0.6 is 11.6 Å². The van der Waals surface area contributed by atoms with Gasteiger partial charge < -0.3 is 10.6 Å². The van der Waals surface area contributed by atoms with Crippen molar-refractivity contribution in [2.24, 2.45) is 11.7 Å². The minimum absolute atomic E-state index is 0.0239. The zero-order valence-corrected chi connectivity index (χ0v) is 8.79. The van der Waals surface area contributed by atoms with Crippen LogP contribution in [-0.4, -0.2) is 35.7 Å². The molecule has 0 bridgehead atoms. The van der Waals surface area contributed by atoms with Crippen LogP contribution in [0.15, 0.2) is 0 Å². The molecule has 1 aliphatic heterocycles. The highest BCUT2D eigenvalue weighted by molar-refractivity contribution is 6.27. The third kappa shape index (κ3) is 3.18. The van der Waals surface area contributed by atoms with E-state index >= 15 is 0 Å². The summed E-state index contributed by atoms with van der Waals surface area (Å²) in [5.74, 6) is 0.101. The summed E-state index contributed by atoms with van der Waals surface area (Å²) in [5, 5.41) is 0. The first-order valence-corrected chi connectivity index (χ1v) is 5.29. The van der Waals surface area contributed by atoms with Crippen molar-refractivity contribution >= 4 is 23.4 Å². The number of likely N-dealkylation sites (tertiary alicyclic amines) is 1. The van der Waals surface area contributed by atoms with Gasteiger partial charge in [0.2, 0.25) is 11.8 Å². The van der Waals surface area contributed by atoms with Crippen LogP contribution in [0.1, 0.15) is 19.3 Å². The molecule has 1 heterocycles. The van der Waals surface area contributed by atoms with E-state index in [1.165, 1.54) is 0 Å². The van der Waals surface area contributed by atoms with Gasteiger partial charge in [0.1, 0.15) is 5.88 Å². The minimum Gasteiger partial charge on any atom is -0.370 e. The molecule has 1 rings (SSSR count). The summed E-state index contributed by atoms with van der Waals surface area (Å²) in [7, 11) is 0. The second-order valence-corrected chi connectivity index (χ2v) is 3.90. The van der Waals surface area contributed by atoms with Gasteiger partial charge in [0, 0.05) is 19.5 Å². The Hall–Kier alpha value is -0.770. The number of amides is 2. The van der Waals surface area contributed by atoms with E-state index in [2.05, 4.69) is 0 Å². The highest BCUT2D eigenvalue weighted by Crippen LogP contribution is 2.20. The average Bonchev–Trinajstić information content (AvgIpc) is 2.17. The summed E-state index contributed by atoms with van der Waals surface area (Å²) >= 11 is 5.44. The molecule has 0 aliphatic carbocycles. The monoisotopic (exact) mass is 218 g/mol. The minimum atomic E-state index is -0.257. The molecule has 14 heavy (non-hydrogen) atoms. The molecule has 0 unspecified atom stereocenters. The molecule has 0 radical (unpaired) electrons. The van der Waals surface area contributed by atoms with Crippen LogP contribution in [0.3, 0.4) is 0 Å². The summed E-state index contributed by atoms with van der Waals surface area (Å²) in [4.78, 5) is 23.6. The van der Waals surface area contributed by atoms with Crippen molar-refractivity contribution in [1.29, 1.82) is 0 Å². The first-order chi connectivity index (χ1) is 6.63. The first kappa shape index (κ1) is 11.3. The van der Waals surface area contributed by atoms with Crippen LogP contribution in [0.5, 0.6) is 0 Å². The Morgan fingerprint density at radius 2 is 1.93 bits per heavy atom. The predicted molar refractivity (Wildman–Crippen MR) is 53.8 cm³/mol. The second-order valence-electron chi connectivity index (χ2n) is 3.63. The highest BCUT2D eigenvalue weighted by atomic mass is 35.5. The molecule has 0 saturated carbocycles. The molecule has 5 heteroatoms. The number of nitrogens with two attached hydrogens (primary N) is 1. The topological polar surface area (TPSA) is 63.4 Å². The molecule has 0 aromatic rings. The molecule has 4 nitrogen and oxygen atoms in total. The van der Waals surface area contributed by atoms with E-state index in [-0.39, 0.29) is 17.7 Å². The molecule has 1 fully saturated rings. The molecule has 2 amide bonds. The zero-order valence-electron chi connectivity index (χ0n) is 8.04. The van der Waals surface area contributed by atoms with E-state index in [0.717, 1.165) is 12.8 Å². The molecule has 0 atom stereocenters. The van der Waals surface area contributed by atoms with E-state index in [0.29, 0.717) is 25.4 Å². The molecule has 0 spiro atoms. The Morgan fingerprint density at radius 1 is 1.36 bits per heavy atom. The van der Waals surface area contributed by atoms with Crippen LogP contribution < -0.4 is 5.73 Å². The quantitative estimate of drug-likeness (QED) is 0.695. The number of halogens is 1. The van der Waals surface area contributed by atoms with Gasteiger partial charge in [-0.05, 0) is 18.8 Å². The Labute approximate surface area is 88.4 Å². The summed E-state index contributed by atoms with van der Waals surface area (Å²) in [5.41, 5.74) is 5.10. The first-order valence-electron chi connectivity index (χ1n) is 4.75. The Kier molecular flexibility index (Phi) is 4.20. The number of hydrogen-bond acceptors (Lipinski definition) is 2. The van der Waals surface area contributed by atoms with Crippen molar-refractivity contribution in [3.63, 3.8) is 0 Å². The van der Waals surface area contributed by atoms with E-state index in [1.54, 1.807) is 4.90 Å². The van der Waals surface area contributed by atoms with Gasteiger partial charge in [0.25, 0.3) is 0 Å². The van der Waals surface area contributed by atoms with Gasteiger partial charge >= 0.3 is 0 Å². The number of carbonyl (C=O) groups is 2. The van der Waals surface area contributed by atoms with Crippen LogP contribution in [0.25, 0.3) is 0 Å². The SMILES string of the molecule is NC(=O)CC1CCN(C(=O)CCl)CC1. The Morgan fingerprint density at radius 3 is 2.36 bits per heavy atom. The molecule has 0 aromatic carbocycles. The average molecular weight is 219 g/mol. The molecular weight excluding hydrogens is 204 g/mol. The summed E-state index contributed by atoms with van der Waals surface area (Å²) in [6.07, 6.45) is 2.14. The second kappa shape index (κ2) is 5.20. The van der Waals surface area contributed by atoms with Crippen molar-refractivity contribution in [2.45, 2.75) is 19.3 Å². The smallest absolute Gasteiger partial charge is 0.237 e. The van der Waals surface area contributed by atoms with Crippen LogP contribution in [-0.2, 0) is 9.59 Å². The van der Waals surface area contributed by atoms with Crippen molar-refractivity contribution in [1.82, 2.24) is 4.90 Å². The highest BCUT2D eigenvalue weighted by Gasteiger charge is 2.22. The molecule has 80 valence electrons. The van der Waals surface area contributed by atoms with Crippen LogP contribution in [0, 0.1) is 5.92 Å². The zero-order chi connectivity index (χ0) is 10.6. The normalized spacial score (nSPS) is 18.2. The van der Waals surface area contributed by atoms with Gasteiger partial charge in [-0.25, -0.2) is 0 Å². The summed E-state index contributed by atoms with van der Waals surface area (Å²) < 4.78 is 0. The molecule has 0 aromatic heterocycles. The number of piperidine rings is 1. The fourth-order valence-electron chi connectivity index (χ4n) is 1.76. The van der Waals surface area contributed by atoms with Gasteiger partial charge in [-0.1, -0.05) is 0 Å². The number of primary amides is 1. The molecular formula is C9H15ClN2O2. The van der Waals surface area contributed by atoms with Crippen LogP contribution in [0.2, 0.25) is 0 Å². The Bertz CT molecular complexity index is 225. The fraction of sp³-hybridized carbons (Fsp3) is 0.778. The van der Waals surface area contributed by atoms with Gasteiger partial charge in [-0.2, -0.15) is 0 Å². The van der Waals surface area contributed by atoms with Crippen molar-refractivity contribution in [2.75, 3.05) is 19.0 Å². The lowest BCUT2D eigenvalue weighted by atomic mass is 9.93. The predicted octanol–water partition coefficient (Wildman–Crippen LogP) is 0.339. The van der Waals surface area contributed by atoms with E-state index in [9.17, 15) is 9.59 Å². The van der Waals surface area contributed by atoms with Crippen LogP contribution in [0.4, 0.5) is 0 Å².